The summed E-state index contributed by atoms with van der Waals surface area (Å²) in [6.45, 7) is 1.27. The van der Waals surface area contributed by atoms with Crippen molar-refractivity contribution in [3.05, 3.63) is 58.1 Å². The lowest BCUT2D eigenvalue weighted by Gasteiger charge is -2.07. The van der Waals surface area contributed by atoms with Gasteiger partial charge in [0.2, 0.25) is 0 Å². The Bertz CT molecular complexity index is 664. The molecule has 1 heterocycles. The van der Waals surface area contributed by atoms with Gasteiger partial charge in [-0.1, -0.05) is 29.8 Å². The molecule has 1 N–H and O–H groups in total. The van der Waals surface area contributed by atoms with E-state index in [1.165, 1.54) is 11.6 Å². The zero-order valence-corrected chi connectivity index (χ0v) is 10.8. The van der Waals surface area contributed by atoms with Gasteiger partial charge in [-0.3, -0.25) is 0 Å². The molecule has 2 aromatic rings. The minimum Gasteiger partial charge on any atom is -0.478 e. The number of halogens is 1. The highest BCUT2D eigenvalue weighted by molar-refractivity contribution is 6.33. The smallest absolute Gasteiger partial charge is 0.335 e. The highest BCUT2D eigenvalue weighted by Gasteiger charge is 2.14. The highest BCUT2D eigenvalue weighted by atomic mass is 35.5. The van der Waals surface area contributed by atoms with Crippen molar-refractivity contribution in [2.75, 3.05) is 0 Å². The summed E-state index contributed by atoms with van der Waals surface area (Å²) < 4.78 is 5.38. The first-order valence-electron chi connectivity index (χ1n) is 5.88. The molecule has 2 aromatic carbocycles. The Morgan fingerprint density at radius 1 is 1.11 bits per heavy atom. The summed E-state index contributed by atoms with van der Waals surface area (Å²) in [7, 11) is 0. The average Bonchev–Trinajstić information content (AvgIpc) is 2.85. The summed E-state index contributed by atoms with van der Waals surface area (Å²) in [5.74, 6) is -0.976. The SMILES string of the molecule is O=C(O)c1ccc(-c2ccc3c(c2)COC3)c(Cl)c1. The Kier molecular flexibility index (Phi) is 3.01. The molecular weight excluding hydrogens is 264 g/mol. The van der Waals surface area contributed by atoms with Crippen LogP contribution in [0.15, 0.2) is 36.4 Å². The Balaban J connectivity index is 2.05. The molecule has 0 bridgehead atoms. The van der Waals surface area contributed by atoms with Gasteiger partial charge in [0.05, 0.1) is 18.8 Å². The van der Waals surface area contributed by atoms with Crippen LogP contribution < -0.4 is 0 Å². The van der Waals surface area contributed by atoms with Crippen LogP contribution in [0.2, 0.25) is 5.02 Å². The van der Waals surface area contributed by atoms with Crippen molar-refractivity contribution in [3.63, 3.8) is 0 Å². The Morgan fingerprint density at radius 2 is 1.89 bits per heavy atom. The summed E-state index contributed by atoms with van der Waals surface area (Å²) in [5, 5.41) is 9.37. The van der Waals surface area contributed by atoms with Gasteiger partial charge in [0.15, 0.2) is 0 Å². The van der Waals surface area contributed by atoms with Crippen molar-refractivity contribution in [3.8, 4) is 11.1 Å². The molecule has 0 atom stereocenters. The second-order valence-electron chi connectivity index (χ2n) is 4.48. The molecule has 0 unspecified atom stereocenters. The van der Waals surface area contributed by atoms with E-state index < -0.39 is 5.97 Å². The number of carbonyl (C=O) groups is 1. The van der Waals surface area contributed by atoms with Gasteiger partial charge < -0.3 is 9.84 Å². The second kappa shape index (κ2) is 4.68. The zero-order valence-electron chi connectivity index (χ0n) is 10.0. The minimum absolute atomic E-state index is 0.193. The van der Waals surface area contributed by atoms with Gasteiger partial charge in [0.1, 0.15) is 0 Å². The predicted octanol–water partition coefficient (Wildman–Crippen LogP) is 3.74. The predicted molar refractivity (Wildman–Crippen MR) is 72.3 cm³/mol. The highest BCUT2D eigenvalue weighted by Crippen LogP contribution is 2.32. The van der Waals surface area contributed by atoms with Crippen molar-refractivity contribution in [1.82, 2.24) is 0 Å². The molecule has 0 amide bonds. The fraction of sp³-hybridized carbons (Fsp3) is 0.133. The molecule has 0 radical (unpaired) electrons. The van der Waals surface area contributed by atoms with Crippen molar-refractivity contribution in [1.29, 1.82) is 0 Å². The maximum absolute atomic E-state index is 10.9. The molecule has 0 saturated carbocycles. The second-order valence-corrected chi connectivity index (χ2v) is 4.88. The van der Waals surface area contributed by atoms with Gasteiger partial charge >= 0.3 is 5.97 Å². The molecule has 1 aliphatic heterocycles. The van der Waals surface area contributed by atoms with E-state index in [-0.39, 0.29) is 5.56 Å². The van der Waals surface area contributed by atoms with Gasteiger partial charge in [0.25, 0.3) is 0 Å². The first kappa shape index (κ1) is 12.2. The molecule has 3 nitrogen and oxygen atoms in total. The third-order valence-electron chi connectivity index (χ3n) is 3.25. The molecular formula is C15H11ClO3. The number of ether oxygens (including phenoxy) is 1. The first-order valence-corrected chi connectivity index (χ1v) is 6.26. The molecule has 1 aliphatic rings. The van der Waals surface area contributed by atoms with Crippen LogP contribution in [0.4, 0.5) is 0 Å². The standard InChI is InChI=1S/C15H11ClO3/c16-14-6-10(15(17)18)3-4-13(14)9-1-2-11-7-19-8-12(11)5-9/h1-6H,7-8H2,(H,17,18). The van der Waals surface area contributed by atoms with E-state index in [4.69, 9.17) is 21.4 Å². The lowest BCUT2D eigenvalue weighted by atomic mass is 9.99. The summed E-state index contributed by atoms with van der Waals surface area (Å²) in [6, 6.07) is 10.8. The van der Waals surface area contributed by atoms with E-state index in [9.17, 15) is 4.79 Å². The van der Waals surface area contributed by atoms with E-state index in [0.29, 0.717) is 18.2 Å². The van der Waals surface area contributed by atoms with E-state index >= 15 is 0 Å². The van der Waals surface area contributed by atoms with Crippen LogP contribution in [0.5, 0.6) is 0 Å². The fourth-order valence-electron chi connectivity index (χ4n) is 2.22. The summed E-state index contributed by atoms with van der Waals surface area (Å²) >= 11 is 6.16. The quantitative estimate of drug-likeness (QED) is 0.907. The third kappa shape index (κ3) is 2.23. The zero-order chi connectivity index (χ0) is 13.4. The number of carboxylic acids is 1. The van der Waals surface area contributed by atoms with Crippen LogP contribution in [0.3, 0.4) is 0 Å². The van der Waals surface area contributed by atoms with Crippen molar-refractivity contribution in [2.24, 2.45) is 0 Å². The monoisotopic (exact) mass is 274 g/mol. The first-order chi connectivity index (χ1) is 9.15. The van der Waals surface area contributed by atoms with Crippen LogP contribution in [-0.2, 0) is 18.0 Å². The summed E-state index contributed by atoms with van der Waals surface area (Å²) in [4.78, 5) is 10.9. The summed E-state index contributed by atoms with van der Waals surface area (Å²) in [5.41, 5.74) is 4.36. The van der Waals surface area contributed by atoms with Gasteiger partial charge in [0, 0.05) is 10.6 Å². The number of rotatable bonds is 2. The normalized spacial score (nSPS) is 13.3. The van der Waals surface area contributed by atoms with Crippen LogP contribution in [0, 0.1) is 0 Å². The molecule has 4 heteroatoms. The van der Waals surface area contributed by atoms with E-state index in [1.807, 2.05) is 18.2 Å². The van der Waals surface area contributed by atoms with Crippen LogP contribution in [-0.4, -0.2) is 11.1 Å². The van der Waals surface area contributed by atoms with E-state index in [2.05, 4.69) is 0 Å². The van der Waals surface area contributed by atoms with Crippen molar-refractivity contribution in [2.45, 2.75) is 13.2 Å². The number of aromatic carboxylic acids is 1. The van der Waals surface area contributed by atoms with Gasteiger partial charge in [-0.25, -0.2) is 4.79 Å². The average molecular weight is 275 g/mol. The Labute approximate surface area is 115 Å². The number of benzene rings is 2. The van der Waals surface area contributed by atoms with Gasteiger partial charge in [-0.15, -0.1) is 0 Å². The number of hydrogen-bond donors (Lipinski definition) is 1. The fourth-order valence-corrected chi connectivity index (χ4v) is 2.51. The topological polar surface area (TPSA) is 46.5 Å². The maximum Gasteiger partial charge on any atom is 0.335 e. The van der Waals surface area contributed by atoms with Gasteiger partial charge in [-0.05, 0) is 34.9 Å². The van der Waals surface area contributed by atoms with Crippen molar-refractivity contribution >= 4 is 17.6 Å². The number of carboxylic acid groups (broad SMARTS) is 1. The molecule has 0 aromatic heterocycles. The maximum atomic E-state index is 10.9. The Morgan fingerprint density at radius 3 is 2.63 bits per heavy atom. The largest absolute Gasteiger partial charge is 0.478 e. The Hall–Kier alpha value is -1.84. The number of hydrogen-bond acceptors (Lipinski definition) is 2. The van der Waals surface area contributed by atoms with Crippen molar-refractivity contribution < 1.29 is 14.6 Å². The van der Waals surface area contributed by atoms with E-state index in [0.717, 1.165) is 16.7 Å². The minimum atomic E-state index is -0.976. The lowest BCUT2D eigenvalue weighted by molar-refractivity contribution is 0.0697. The van der Waals surface area contributed by atoms with E-state index in [1.54, 1.807) is 12.1 Å². The van der Waals surface area contributed by atoms with Crippen LogP contribution >= 0.6 is 11.6 Å². The number of fused-ring (bicyclic) bond motifs is 1. The molecule has 0 aliphatic carbocycles. The summed E-state index contributed by atoms with van der Waals surface area (Å²) in [6.07, 6.45) is 0. The molecule has 0 saturated heterocycles. The molecule has 0 spiro atoms. The molecule has 96 valence electrons. The molecule has 3 rings (SSSR count). The third-order valence-corrected chi connectivity index (χ3v) is 3.56. The van der Waals surface area contributed by atoms with Gasteiger partial charge in [-0.2, -0.15) is 0 Å². The molecule has 19 heavy (non-hydrogen) atoms. The van der Waals surface area contributed by atoms with Crippen LogP contribution in [0.1, 0.15) is 21.5 Å². The van der Waals surface area contributed by atoms with Crippen LogP contribution in [0.25, 0.3) is 11.1 Å². The lowest BCUT2D eigenvalue weighted by Crippen LogP contribution is -1.96. The molecule has 0 fully saturated rings.